The number of halogens is 1. The molecule has 1 heterocycles. The molecule has 1 aliphatic carbocycles. The zero-order valence-electron chi connectivity index (χ0n) is 12.8. The number of nitrogens with two attached hydrogens (primary N) is 1. The molecule has 114 valence electrons. The Morgan fingerprint density at radius 2 is 1.95 bits per heavy atom. The third-order valence-electron chi connectivity index (χ3n) is 4.65. The third-order valence-corrected chi connectivity index (χ3v) is 4.89. The van der Waals surface area contributed by atoms with Crippen molar-refractivity contribution in [1.29, 1.82) is 0 Å². The van der Waals surface area contributed by atoms with E-state index in [2.05, 4.69) is 18.4 Å². The summed E-state index contributed by atoms with van der Waals surface area (Å²) in [5.74, 6) is 1.58. The lowest BCUT2D eigenvalue weighted by molar-refractivity contribution is 0.294. The predicted molar refractivity (Wildman–Crippen MR) is 88.6 cm³/mol. The van der Waals surface area contributed by atoms with Crippen LogP contribution >= 0.6 is 11.6 Å². The summed E-state index contributed by atoms with van der Waals surface area (Å²) in [6.45, 7) is 4.36. The Morgan fingerprint density at radius 3 is 2.62 bits per heavy atom. The van der Waals surface area contributed by atoms with Crippen molar-refractivity contribution < 1.29 is 0 Å². The second kappa shape index (κ2) is 5.98. The number of benzene rings is 1. The Labute approximate surface area is 131 Å². The zero-order chi connectivity index (χ0) is 15.0. The van der Waals surface area contributed by atoms with Crippen LogP contribution in [0.5, 0.6) is 0 Å². The molecule has 3 rings (SSSR count). The molecule has 0 spiro atoms. The number of fused-ring (bicyclic) bond motifs is 1. The van der Waals surface area contributed by atoms with E-state index in [0.717, 1.165) is 21.9 Å². The van der Waals surface area contributed by atoms with Crippen molar-refractivity contribution in [3.05, 3.63) is 29.0 Å². The molecule has 1 atom stereocenters. The average molecular weight is 306 g/mol. The van der Waals surface area contributed by atoms with Crippen LogP contribution in [0.25, 0.3) is 11.0 Å². The van der Waals surface area contributed by atoms with Crippen LogP contribution in [0.15, 0.2) is 18.2 Å². The molecule has 2 aromatic rings. The highest BCUT2D eigenvalue weighted by molar-refractivity contribution is 6.31. The molecular formula is C17H24ClN3. The average Bonchev–Trinajstić information content (AvgIpc) is 2.86. The quantitative estimate of drug-likeness (QED) is 0.881. The fourth-order valence-corrected chi connectivity index (χ4v) is 3.73. The van der Waals surface area contributed by atoms with Crippen molar-refractivity contribution in [2.24, 2.45) is 11.7 Å². The highest BCUT2D eigenvalue weighted by Gasteiger charge is 2.27. The van der Waals surface area contributed by atoms with E-state index in [1.165, 1.54) is 32.1 Å². The first-order valence-corrected chi connectivity index (χ1v) is 8.38. The molecule has 1 unspecified atom stereocenters. The number of aromatic nitrogens is 2. The summed E-state index contributed by atoms with van der Waals surface area (Å²) >= 11 is 6.16. The minimum absolute atomic E-state index is 0.0267. The molecule has 1 saturated carbocycles. The molecule has 0 radical (unpaired) electrons. The lowest BCUT2D eigenvalue weighted by Gasteiger charge is -2.28. The van der Waals surface area contributed by atoms with Gasteiger partial charge in [-0.3, -0.25) is 0 Å². The van der Waals surface area contributed by atoms with Crippen molar-refractivity contribution >= 4 is 22.6 Å². The van der Waals surface area contributed by atoms with Crippen molar-refractivity contribution in [2.45, 2.75) is 58.0 Å². The molecule has 1 aliphatic rings. The molecule has 21 heavy (non-hydrogen) atoms. The van der Waals surface area contributed by atoms with Gasteiger partial charge in [-0.05, 0) is 50.8 Å². The minimum atomic E-state index is 0.0267. The first-order chi connectivity index (χ1) is 10.1. The monoisotopic (exact) mass is 305 g/mol. The van der Waals surface area contributed by atoms with Gasteiger partial charge in [0.2, 0.25) is 0 Å². The molecule has 0 saturated heterocycles. The number of rotatable bonds is 3. The SMILES string of the molecule is CC(C)n1c(C(N)C2CCCCC2)nc2ccc(Cl)cc21. The van der Waals surface area contributed by atoms with Gasteiger partial charge in [-0.2, -0.15) is 0 Å². The topological polar surface area (TPSA) is 43.8 Å². The summed E-state index contributed by atoms with van der Waals surface area (Å²) in [5, 5.41) is 0.752. The maximum absolute atomic E-state index is 6.59. The summed E-state index contributed by atoms with van der Waals surface area (Å²) in [6, 6.07) is 6.25. The summed E-state index contributed by atoms with van der Waals surface area (Å²) in [7, 11) is 0. The standard InChI is InChI=1S/C17H24ClN3/c1-11(2)21-15-10-13(18)8-9-14(15)20-17(21)16(19)12-6-4-3-5-7-12/h8-12,16H,3-7,19H2,1-2H3. The van der Waals surface area contributed by atoms with Gasteiger partial charge in [0.05, 0.1) is 17.1 Å². The molecule has 3 nitrogen and oxygen atoms in total. The van der Waals surface area contributed by atoms with Crippen LogP contribution in [0.1, 0.15) is 63.9 Å². The Kier molecular flexibility index (Phi) is 4.23. The lowest BCUT2D eigenvalue weighted by Crippen LogP contribution is -2.27. The van der Waals surface area contributed by atoms with E-state index in [-0.39, 0.29) is 6.04 Å². The summed E-state index contributed by atoms with van der Waals surface area (Å²) in [4.78, 5) is 4.83. The third kappa shape index (κ3) is 2.82. The van der Waals surface area contributed by atoms with Gasteiger partial charge in [0.1, 0.15) is 5.82 Å². The number of nitrogens with zero attached hydrogens (tertiary/aromatic N) is 2. The molecule has 0 bridgehead atoms. The smallest absolute Gasteiger partial charge is 0.127 e. The number of hydrogen-bond acceptors (Lipinski definition) is 2. The Hall–Kier alpha value is -1.06. The van der Waals surface area contributed by atoms with E-state index >= 15 is 0 Å². The van der Waals surface area contributed by atoms with Gasteiger partial charge in [0, 0.05) is 11.1 Å². The fourth-order valence-electron chi connectivity index (χ4n) is 3.57. The second-order valence-electron chi connectivity index (χ2n) is 6.49. The van der Waals surface area contributed by atoms with Crippen LogP contribution in [-0.4, -0.2) is 9.55 Å². The highest BCUT2D eigenvalue weighted by Crippen LogP contribution is 2.35. The Morgan fingerprint density at radius 1 is 1.24 bits per heavy atom. The van der Waals surface area contributed by atoms with Gasteiger partial charge in [-0.25, -0.2) is 4.98 Å². The van der Waals surface area contributed by atoms with Gasteiger partial charge in [0.15, 0.2) is 0 Å². The molecule has 0 amide bonds. The molecule has 4 heteroatoms. The Bertz CT molecular complexity index is 626. The van der Waals surface area contributed by atoms with E-state index in [4.69, 9.17) is 22.3 Å². The fraction of sp³-hybridized carbons (Fsp3) is 0.588. The van der Waals surface area contributed by atoms with Crippen LogP contribution in [0.4, 0.5) is 0 Å². The van der Waals surface area contributed by atoms with Crippen LogP contribution < -0.4 is 5.73 Å². The van der Waals surface area contributed by atoms with E-state index < -0.39 is 0 Å². The predicted octanol–water partition coefficient (Wildman–Crippen LogP) is 4.85. The van der Waals surface area contributed by atoms with Crippen LogP contribution in [-0.2, 0) is 0 Å². The van der Waals surface area contributed by atoms with Crippen LogP contribution in [0.2, 0.25) is 5.02 Å². The second-order valence-corrected chi connectivity index (χ2v) is 6.93. The van der Waals surface area contributed by atoms with E-state index in [1.807, 2.05) is 18.2 Å². The van der Waals surface area contributed by atoms with Gasteiger partial charge in [0.25, 0.3) is 0 Å². The summed E-state index contributed by atoms with van der Waals surface area (Å²) in [5.41, 5.74) is 8.68. The van der Waals surface area contributed by atoms with E-state index in [9.17, 15) is 0 Å². The first-order valence-electron chi connectivity index (χ1n) is 8.01. The van der Waals surface area contributed by atoms with Gasteiger partial charge in [-0.15, -0.1) is 0 Å². The summed E-state index contributed by atoms with van der Waals surface area (Å²) in [6.07, 6.45) is 6.39. The van der Waals surface area contributed by atoms with Crippen molar-refractivity contribution in [3.8, 4) is 0 Å². The first kappa shape index (κ1) is 14.9. The van der Waals surface area contributed by atoms with Crippen molar-refractivity contribution in [3.63, 3.8) is 0 Å². The van der Waals surface area contributed by atoms with Crippen LogP contribution in [0.3, 0.4) is 0 Å². The molecular weight excluding hydrogens is 282 g/mol. The van der Waals surface area contributed by atoms with Crippen molar-refractivity contribution in [2.75, 3.05) is 0 Å². The number of imidazole rings is 1. The van der Waals surface area contributed by atoms with Gasteiger partial charge in [-0.1, -0.05) is 30.9 Å². The molecule has 2 N–H and O–H groups in total. The molecule has 1 aromatic heterocycles. The highest BCUT2D eigenvalue weighted by atomic mass is 35.5. The zero-order valence-corrected chi connectivity index (χ0v) is 13.6. The Balaban J connectivity index is 2.06. The largest absolute Gasteiger partial charge is 0.324 e. The molecule has 1 aromatic carbocycles. The molecule has 1 fully saturated rings. The maximum atomic E-state index is 6.59. The molecule has 0 aliphatic heterocycles. The minimum Gasteiger partial charge on any atom is -0.324 e. The van der Waals surface area contributed by atoms with E-state index in [1.54, 1.807) is 0 Å². The summed E-state index contributed by atoms with van der Waals surface area (Å²) < 4.78 is 2.26. The van der Waals surface area contributed by atoms with Gasteiger partial charge < -0.3 is 10.3 Å². The maximum Gasteiger partial charge on any atom is 0.127 e. The number of hydrogen-bond donors (Lipinski definition) is 1. The van der Waals surface area contributed by atoms with E-state index in [0.29, 0.717) is 12.0 Å². The van der Waals surface area contributed by atoms with Crippen molar-refractivity contribution in [1.82, 2.24) is 9.55 Å². The lowest BCUT2D eigenvalue weighted by atomic mass is 9.84. The normalized spacial score (nSPS) is 18.5. The van der Waals surface area contributed by atoms with Crippen LogP contribution in [0, 0.1) is 5.92 Å². The van der Waals surface area contributed by atoms with Gasteiger partial charge >= 0.3 is 0 Å².